The van der Waals surface area contributed by atoms with Crippen LogP contribution in [0.3, 0.4) is 0 Å². The Bertz CT molecular complexity index is 502. The van der Waals surface area contributed by atoms with E-state index in [1.54, 1.807) is 0 Å². The highest BCUT2D eigenvalue weighted by Crippen LogP contribution is 2.29. The van der Waals surface area contributed by atoms with E-state index in [2.05, 4.69) is 17.6 Å². The lowest BCUT2D eigenvalue weighted by molar-refractivity contribution is 0.0922. The molecule has 1 aromatic rings. The first kappa shape index (κ1) is 15.3. The van der Waals surface area contributed by atoms with E-state index in [0.717, 1.165) is 50.8 Å². The molecule has 0 radical (unpaired) electrons. The molecule has 22 heavy (non-hydrogen) atoms. The lowest BCUT2D eigenvalue weighted by Crippen LogP contribution is -2.42. The fraction of sp³-hybridized carbons (Fsp3) is 0.611. The van der Waals surface area contributed by atoms with Crippen molar-refractivity contribution in [3.05, 3.63) is 29.8 Å². The highest BCUT2D eigenvalue weighted by molar-refractivity contribution is 5.94. The Balaban J connectivity index is 1.48. The zero-order chi connectivity index (χ0) is 15.4. The van der Waals surface area contributed by atoms with E-state index >= 15 is 0 Å². The summed E-state index contributed by atoms with van der Waals surface area (Å²) in [5, 5.41) is 6.44. The van der Waals surface area contributed by atoms with Crippen molar-refractivity contribution in [3.8, 4) is 5.75 Å². The molecular weight excluding hydrogens is 276 g/mol. The number of carbonyl (C=O) groups is 1. The van der Waals surface area contributed by atoms with Gasteiger partial charge in [-0.3, -0.25) is 4.79 Å². The molecule has 1 aliphatic carbocycles. The fourth-order valence-corrected chi connectivity index (χ4v) is 2.80. The van der Waals surface area contributed by atoms with Gasteiger partial charge in [-0.25, -0.2) is 0 Å². The van der Waals surface area contributed by atoms with Crippen LogP contribution < -0.4 is 15.4 Å². The molecule has 4 nitrogen and oxygen atoms in total. The number of rotatable bonds is 6. The minimum atomic E-state index is 0.00787. The molecular formula is C18H26N2O2. The van der Waals surface area contributed by atoms with Crippen molar-refractivity contribution in [1.82, 2.24) is 10.6 Å². The molecule has 1 saturated heterocycles. The molecule has 1 amide bonds. The summed E-state index contributed by atoms with van der Waals surface area (Å²) in [4.78, 5) is 12.2. The van der Waals surface area contributed by atoms with Crippen molar-refractivity contribution in [2.24, 2.45) is 11.3 Å². The lowest BCUT2D eigenvalue weighted by atomic mass is 9.81. The summed E-state index contributed by atoms with van der Waals surface area (Å²) in [5.74, 6) is 1.61. The molecule has 2 fully saturated rings. The summed E-state index contributed by atoms with van der Waals surface area (Å²) < 4.78 is 5.70. The first-order valence-corrected chi connectivity index (χ1v) is 8.36. The topological polar surface area (TPSA) is 50.4 Å². The average molecular weight is 302 g/mol. The predicted molar refractivity (Wildman–Crippen MR) is 87.2 cm³/mol. The molecule has 2 N–H and O–H groups in total. The van der Waals surface area contributed by atoms with E-state index in [1.165, 1.54) is 12.8 Å². The Kier molecular flexibility index (Phi) is 4.67. The van der Waals surface area contributed by atoms with Crippen LogP contribution in [0.5, 0.6) is 5.75 Å². The molecule has 1 aliphatic heterocycles. The predicted octanol–water partition coefficient (Wildman–Crippen LogP) is 2.59. The molecule has 0 aromatic heterocycles. The normalized spacial score (nSPS) is 20.4. The summed E-state index contributed by atoms with van der Waals surface area (Å²) in [7, 11) is 0. The third-order valence-corrected chi connectivity index (χ3v) is 4.79. The largest absolute Gasteiger partial charge is 0.493 e. The standard InChI is InChI=1S/C18H26N2O2/c1-18(8-10-19-11-9-18)13-20-17(21)15-4-6-16(7-5-15)22-12-14-2-3-14/h4-7,14,19H,2-3,8-13H2,1H3,(H,20,21). The van der Waals surface area contributed by atoms with Crippen molar-refractivity contribution >= 4 is 5.91 Å². The van der Waals surface area contributed by atoms with E-state index in [0.29, 0.717) is 5.56 Å². The van der Waals surface area contributed by atoms with Crippen molar-refractivity contribution in [3.63, 3.8) is 0 Å². The maximum absolute atomic E-state index is 12.2. The number of benzene rings is 1. The highest BCUT2D eigenvalue weighted by Gasteiger charge is 2.27. The Morgan fingerprint density at radius 3 is 2.59 bits per heavy atom. The number of hydrogen-bond donors (Lipinski definition) is 2. The molecule has 1 saturated carbocycles. The zero-order valence-corrected chi connectivity index (χ0v) is 13.4. The summed E-state index contributed by atoms with van der Waals surface area (Å²) in [5.41, 5.74) is 0.921. The highest BCUT2D eigenvalue weighted by atomic mass is 16.5. The van der Waals surface area contributed by atoms with Gasteiger partial charge in [-0.15, -0.1) is 0 Å². The molecule has 0 atom stereocenters. The van der Waals surface area contributed by atoms with Gasteiger partial charge in [0.1, 0.15) is 5.75 Å². The van der Waals surface area contributed by atoms with Crippen LogP contribution in [-0.4, -0.2) is 32.1 Å². The number of nitrogens with one attached hydrogen (secondary N) is 2. The molecule has 0 bridgehead atoms. The number of amides is 1. The summed E-state index contributed by atoms with van der Waals surface area (Å²) >= 11 is 0. The zero-order valence-electron chi connectivity index (χ0n) is 13.4. The van der Waals surface area contributed by atoms with Crippen molar-refractivity contribution in [1.29, 1.82) is 0 Å². The average Bonchev–Trinajstić information content (AvgIpc) is 3.36. The molecule has 120 valence electrons. The Morgan fingerprint density at radius 2 is 1.95 bits per heavy atom. The van der Waals surface area contributed by atoms with Gasteiger partial charge in [0.05, 0.1) is 6.61 Å². The van der Waals surface area contributed by atoms with Gasteiger partial charge in [-0.2, -0.15) is 0 Å². The Morgan fingerprint density at radius 1 is 1.27 bits per heavy atom. The lowest BCUT2D eigenvalue weighted by Gasteiger charge is -2.34. The second-order valence-electron chi connectivity index (χ2n) is 7.02. The van der Waals surface area contributed by atoms with Gasteiger partial charge in [0.15, 0.2) is 0 Å². The van der Waals surface area contributed by atoms with Crippen LogP contribution in [0.1, 0.15) is 43.0 Å². The van der Waals surface area contributed by atoms with E-state index in [1.807, 2.05) is 24.3 Å². The van der Waals surface area contributed by atoms with Crippen molar-refractivity contribution < 1.29 is 9.53 Å². The molecule has 0 unspecified atom stereocenters. The number of ether oxygens (including phenoxy) is 1. The van der Waals surface area contributed by atoms with Crippen LogP contribution in [0.25, 0.3) is 0 Å². The van der Waals surface area contributed by atoms with Crippen molar-refractivity contribution in [2.45, 2.75) is 32.6 Å². The number of hydrogen-bond acceptors (Lipinski definition) is 3. The summed E-state index contributed by atoms with van der Waals surface area (Å²) in [6, 6.07) is 7.48. The molecule has 4 heteroatoms. The van der Waals surface area contributed by atoms with Gasteiger partial charge in [0, 0.05) is 12.1 Å². The number of carbonyl (C=O) groups excluding carboxylic acids is 1. The minimum Gasteiger partial charge on any atom is -0.493 e. The van der Waals surface area contributed by atoms with Gasteiger partial charge >= 0.3 is 0 Å². The molecule has 1 aromatic carbocycles. The third-order valence-electron chi connectivity index (χ3n) is 4.79. The first-order valence-electron chi connectivity index (χ1n) is 8.36. The Labute approximate surface area is 132 Å². The van der Waals surface area contributed by atoms with Crippen LogP contribution in [0.2, 0.25) is 0 Å². The van der Waals surface area contributed by atoms with Crippen LogP contribution in [0, 0.1) is 11.3 Å². The van der Waals surface area contributed by atoms with Crippen LogP contribution >= 0.6 is 0 Å². The van der Waals surface area contributed by atoms with Crippen LogP contribution in [0.15, 0.2) is 24.3 Å². The van der Waals surface area contributed by atoms with Crippen LogP contribution in [0.4, 0.5) is 0 Å². The van der Waals surface area contributed by atoms with Gasteiger partial charge in [-0.1, -0.05) is 6.92 Å². The summed E-state index contributed by atoms with van der Waals surface area (Å²) in [6.45, 7) is 5.88. The molecule has 2 aliphatic rings. The Hall–Kier alpha value is -1.55. The summed E-state index contributed by atoms with van der Waals surface area (Å²) in [6.07, 6.45) is 4.80. The fourth-order valence-electron chi connectivity index (χ4n) is 2.80. The molecule has 0 spiro atoms. The number of piperidine rings is 1. The van der Waals surface area contributed by atoms with Gasteiger partial charge in [-0.05, 0) is 74.4 Å². The van der Waals surface area contributed by atoms with Crippen LogP contribution in [-0.2, 0) is 0 Å². The molecule has 3 rings (SSSR count). The smallest absolute Gasteiger partial charge is 0.251 e. The quantitative estimate of drug-likeness (QED) is 0.849. The maximum Gasteiger partial charge on any atom is 0.251 e. The van der Waals surface area contributed by atoms with E-state index in [4.69, 9.17) is 4.74 Å². The SMILES string of the molecule is CC1(CNC(=O)c2ccc(OCC3CC3)cc2)CCNCC1. The molecule has 1 heterocycles. The van der Waals surface area contributed by atoms with E-state index in [-0.39, 0.29) is 11.3 Å². The monoisotopic (exact) mass is 302 g/mol. The second-order valence-corrected chi connectivity index (χ2v) is 7.02. The van der Waals surface area contributed by atoms with E-state index in [9.17, 15) is 4.79 Å². The van der Waals surface area contributed by atoms with Gasteiger partial charge < -0.3 is 15.4 Å². The van der Waals surface area contributed by atoms with Gasteiger partial charge in [0.2, 0.25) is 0 Å². The first-order chi connectivity index (χ1) is 10.6. The van der Waals surface area contributed by atoms with E-state index < -0.39 is 0 Å². The van der Waals surface area contributed by atoms with Crippen molar-refractivity contribution in [2.75, 3.05) is 26.2 Å². The maximum atomic E-state index is 12.2. The van der Waals surface area contributed by atoms with Gasteiger partial charge in [0.25, 0.3) is 5.91 Å². The minimum absolute atomic E-state index is 0.00787. The second kappa shape index (κ2) is 6.69. The third kappa shape index (κ3) is 4.23.